The van der Waals surface area contributed by atoms with E-state index in [1.54, 1.807) is 19.1 Å². The van der Waals surface area contributed by atoms with Crippen molar-refractivity contribution in [3.63, 3.8) is 0 Å². The van der Waals surface area contributed by atoms with Crippen LogP contribution in [0.4, 0.5) is 10.1 Å². The molecule has 1 unspecified atom stereocenters. The van der Waals surface area contributed by atoms with Gasteiger partial charge < -0.3 is 10.4 Å². The Hall–Kier alpha value is -1.60. The number of nitrogens with one attached hydrogen (secondary N) is 1. The molecule has 4 heteroatoms. The molecular weight excluding hydrogens is 195 g/mol. The number of aliphatic hydroxyl groups is 1. The Balaban J connectivity index is 2.57. The average Bonchev–Trinajstić information content (AvgIpc) is 2.17. The molecule has 0 saturated heterocycles. The molecule has 0 heterocycles. The molecule has 2 N–H and O–H groups in total. The van der Waals surface area contributed by atoms with Gasteiger partial charge >= 0.3 is 0 Å². The van der Waals surface area contributed by atoms with Gasteiger partial charge in [-0.1, -0.05) is 0 Å². The summed E-state index contributed by atoms with van der Waals surface area (Å²) in [6, 6.07) is 6.11. The molecular formula is C11H13FN2O. The molecule has 0 aliphatic heterocycles. The summed E-state index contributed by atoms with van der Waals surface area (Å²) in [5.74, 6) is -0.528. The van der Waals surface area contributed by atoms with Crippen molar-refractivity contribution in [2.24, 2.45) is 0 Å². The largest absolute Gasteiger partial charge is 0.393 e. The van der Waals surface area contributed by atoms with Crippen molar-refractivity contribution in [1.29, 1.82) is 5.26 Å². The smallest absolute Gasteiger partial charge is 0.143 e. The molecule has 1 rings (SSSR count). The summed E-state index contributed by atoms with van der Waals surface area (Å²) in [4.78, 5) is 0. The number of hydrogen-bond donors (Lipinski definition) is 2. The summed E-state index contributed by atoms with van der Waals surface area (Å²) in [5, 5.41) is 20.5. The minimum atomic E-state index is -0.528. The number of halogens is 1. The highest BCUT2D eigenvalue weighted by molar-refractivity contribution is 5.48. The molecule has 0 fully saturated rings. The van der Waals surface area contributed by atoms with Crippen molar-refractivity contribution in [2.45, 2.75) is 19.4 Å². The summed E-state index contributed by atoms with van der Waals surface area (Å²) in [6.45, 7) is 2.27. The normalized spacial score (nSPS) is 11.9. The summed E-state index contributed by atoms with van der Waals surface area (Å²) >= 11 is 0. The van der Waals surface area contributed by atoms with E-state index in [1.165, 1.54) is 12.1 Å². The average molecular weight is 208 g/mol. The van der Waals surface area contributed by atoms with E-state index in [1.807, 2.05) is 0 Å². The first-order chi connectivity index (χ1) is 7.13. The second kappa shape index (κ2) is 5.32. The van der Waals surface area contributed by atoms with E-state index in [-0.39, 0.29) is 11.7 Å². The van der Waals surface area contributed by atoms with Crippen LogP contribution >= 0.6 is 0 Å². The zero-order valence-electron chi connectivity index (χ0n) is 8.50. The van der Waals surface area contributed by atoms with Gasteiger partial charge in [0.25, 0.3) is 0 Å². The minimum Gasteiger partial charge on any atom is -0.393 e. The molecule has 3 nitrogen and oxygen atoms in total. The molecule has 15 heavy (non-hydrogen) atoms. The van der Waals surface area contributed by atoms with Gasteiger partial charge in [-0.2, -0.15) is 5.26 Å². The van der Waals surface area contributed by atoms with Crippen molar-refractivity contribution in [1.82, 2.24) is 0 Å². The lowest BCUT2D eigenvalue weighted by Gasteiger charge is -2.08. The maximum absolute atomic E-state index is 13.1. The highest BCUT2D eigenvalue weighted by Gasteiger charge is 2.02. The van der Waals surface area contributed by atoms with Gasteiger partial charge in [0, 0.05) is 12.2 Å². The molecule has 1 aromatic carbocycles. The Morgan fingerprint density at radius 1 is 1.60 bits per heavy atom. The molecule has 0 saturated carbocycles. The van der Waals surface area contributed by atoms with Crippen molar-refractivity contribution in [3.05, 3.63) is 29.6 Å². The monoisotopic (exact) mass is 208 g/mol. The molecule has 0 bridgehead atoms. The standard InChI is InChI=1S/C11H13FN2O/c1-8(15)4-5-14-10-3-2-9(7-13)11(12)6-10/h2-3,6,8,14-15H,4-5H2,1H3. The van der Waals surface area contributed by atoms with E-state index in [4.69, 9.17) is 10.4 Å². The number of aliphatic hydroxyl groups excluding tert-OH is 1. The fourth-order valence-corrected chi connectivity index (χ4v) is 1.14. The van der Waals surface area contributed by atoms with Crippen LogP contribution in [0.5, 0.6) is 0 Å². The van der Waals surface area contributed by atoms with Crippen molar-refractivity contribution >= 4 is 5.69 Å². The van der Waals surface area contributed by atoms with E-state index in [9.17, 15) is 4.39 Å². The Bertz CT molecular complexity index is 371. The van der Waals surface area contributed by atoms with Crippen molar-refractivity contribution in [2.75, 3.05) is 11.9 Å². The second-order valence-corrected chi connectivity index (χ2v) is 3.37. The van der Waals surface area contributed by atoms with Crippen LogP contribution in [-0.4, -0.2) is 17.8 Å². The first-order valence-corrected chi connectivity index (χ1v) is 4.75. The Kier molecular flexibility index (Phi) is 4.07. The van der Waals surface area contributed by atoms with Crippen LogP contribution in [0.2, 0.25) is 0 Å². The summed E-state index contributed by atoms with van der Waals surface area (Å²) in [6.07, 6.45) is 0.225. The molecule has 80 valence electrons. The highest BCUT2D eigenvalue weighted by Crippen LogP contribution is 2.13. The SMILES string of the molecule is CC(O)CCNc1ccc(C#N)c(F)c1. The summed E-state index contributed by atoms with van der Waals surface area (Å²) in [7, 11) is 0. The van der Waals surface area contributed by atoms with Gasteiger partial charge in [0.15, 0.2) is 0 Å². The third-order valence-corrected chi connectivity index (χ3v) is 1.98. The number of anilines is 1. The number of hydrogen-bond acceptors (Lipinski definition) is 3. The maximum atomic E-state index is 13.1. The van der Waals surface area contributed by atoms with Crippen LogP contribution in [-0.2, 0) is 0 Å². The quantitative estimate of drug-likeness (QED) is 0.794. The van der Waals surface area contributed by atoms with Gasteiger partial charge in [-0.15, -0.1) is 0 Å². The predicted octanol–water partition coefficient (Wildman–Crippen LogP) is 1.88. The zero-order valence-corrected chi connectivity index (χ0v) is 8.50. The lowest BCUT2D eigenvalue weighted by Crippen LogP contribution is -2.09. The van der Waals surface area contributed by atoms with E-state index in [0.29, 0.717) is 18.7 Å². The van der Waals surface area contributed by atoms with Gasteiger partial charge in [0.05, 0.1) is 11.7 Å². The first-order valence-electron chi connectivity index (χ1n) is 4.75. The van der Waals surface area contributed by atoms with Gasteiger partial charge in [0.1, 0.15) is 11.9 Å². The van der Waals surface area contributed by atoms with Crippen LogP contribution in [0.25, 0.3) is 0 Å². The lowest BCUT2D eigenvalue weighted by molar-refractivity contribution is 0.189. The van der Waals surface area contributed by atoms with Gasteiger partial charge in [0.2, 0.25) is 0 Å². The van der Waals surface area contributed by atoms with Gasteiger partial charge in [-0.25, -0.2) is 4.39 Å². The lowest BCUT2D eigenvalue weighted by atomic mass is 10.2. The van der Waals surface area contributed by atoms with E-state index < -0.39 is 5.82 Å². The first kappa shape index (κ1) is 11.5. The third kappa shape index (κ3) is 3.56. The molecule has 0 spiro atoms. The highest BCUT2D eigenvalue weighted by atomic mass is 19.1. The molecule has 0 amide bonds. The number of benzene rings is 1. The molecule has 1 atom stereocenters. The van der Waals surface area contributed by atoms with E-state index >= 15 is 0 Å². The van der Waals surface area contributed by atoms with Crippen molar-refractivity contribution < 1.29 is 9.50 Å². The topological polar surface area (TPSA) is 56.0 Å². The van der Waals surface area contributed by atoms with E-state index in [0.717, 1.165) is 0 Å². The second-order valence-electron chi connectivity index (χ2n) is 3.37. The summed E-state index contributed by atoms with van der Waals surface area (Å²) in [5.41, 5.74) is 0.656. The maximum Gasteiger partial charge on any atom is 0.143 e. The predicted molar refractivity (Wildman–Crippen MR) is 55.9 cm³/mol. The number of nitriles is 1. The van der Waals surface area contributed by atoms with Crippen LogP contribution in [0.1, 0.15) is 18.9 Å². The Labute approximate surface area is 88.2 Å². The zero-order chi connectivity index (χ0) is 11.3. The molecule has 0 aliphatic carbocycles. The van der Waals surface area contributed by atoms with Gasteiger partial charge in [-0.3, -0.25) is 0 Å². The molecule has 0 aliphatic rings. The molecule has 0 aromatic heterocycles. The third-order valence-electron chi connectivity index (χ3n) is 1.98. The number of nitrogens with zero attached hydrogens (tertiary/aromatic N) is 1. The fraction of sp³-hybridized carbons (Fsp3) is 0.364. The minimum absolute atomic E-state index is 0.0380. The fourth-order valence-electron chi connectivity index (χ4n) is 1.14. The van der Waals surface area contributed by atoms with Crippen molar-refractivity contribution in [3.8, 4) is 6.07 Å². The van der Waals surface area contributed by atoms with Gasteiger partial charge in [-0.05, 0) is 31.5 Å². The summed E-state index contributed by atoms with van der Waals surface area (Å²) < 4.78 is 13.1. The molecule has 1 aromatic rings. The van der Waals surface area contributed by atoms with Crippen LogP contribution in [0.3, 0.4) is 0 Å². The van der Waals surface area contributed by atoms with Crippen LogP contribution in [0, 0.1) is 17.1 Å². The number of rotatable bonds is 4. The Morgan fingerprint density at radius 2 is 2.33 bits per heavy atom. The van der Waals surface area contributed by atoms with Crippen LogP contribution < -0.4 is 5.32 Å². The Morgan fingerprint density at radius 3 is 2.87 bits per heavy atom. The van der Waals surface area contributed by atoms with E-state index in [2.05, 4.69) is 5.32 Å². The van der Waals surface area contributed by atoms with Crippen LogP contribution in [0.15, 0.2) is 18.2 Å². The molecule has 0 radical (unpaired) electrons.